The number of piperidine rings is 1. The molecule has 0 amide bonds. The van der Waals surface area contributed by atoms with E-state index in [-0.39, 0.29) is 17.3 Å². The van der Waals surface area contributed by atoms with Gasteiger partial charge in [0.1, 0.15) is 11.6 Å². The summed E-state index contributed by atoms with van der Waals surface area (Å²) in [6, 6.07) is 15.3. The summed E-state index contributed by atoms with van der Waals surface area (Å²) >= 11 is 0. The summed E-state index contributed by atoms with van der Waals surface area (Å²) in [6.07, 6.45) is 6.42. The molecule has 0 radical (unpaired) electrons. The van der Waals surface area contributed by atoms with Gasteiger partial charge in [0.15, 0.2) is 0 Å². The molecule has 0 bridgehead atoms. The van der Waals surface area contributed by atoms with Gasteiger partial charge >= 0.3 is 0 Å². The molecule has 5 rings (SSSR count). The maximum absolute atomic E-state index is 14.6. The number of nitrogens with zero attached hydrogens (tertiary/aromatic N) is 4. The lowest BCUT2D eigenvalue weighted by molar-refractivity contribution is -0.0132. The average molecular weight is 517 g/mol. The molecule has 200 valence electrons. The molecule has 2 aliphatic rings. The number of anilines is 2. The molecule has 1 aliphatic heterocycles. The van der Waals surface area contributed by atoms with Gasteiger partial charge in [0.2, 0.25) is 5.69 Å². The van der Waals surface area contributed by atoms with Gasteiger partial charge in [0, 0.05) is 50.1 Å². The normalized spacial score (nSPS) is 21.2. The zero-order valence-electron chi connectivity index (χ0n) is 22.3. The highest BCUT2D eigenvalue weighted by atomic mass is 19.1. The third-order valence-electron chi connectivity index (χ3n) is 8.24. The fraction of sp³-hybridized carbons (Fsp3) is 0.467. The summed E-state index contributed by atoms with van der Waals surface area (Å²) in [7, 11) is 1.79. The molecule has 1 aromatic heterocycles. The summed E-state index contributed by atoms with van der Waals surface area (Å²) in [4.78, 5) is 5.65. The number of ether oxygens (including phenoxy) is 1. The Kier molecular flexibility index (Phi) is 7.68. The van der Waals surface area contributed by atoms with Crippen molar-refractivity contribution in [3.63, 3.8) is 0 Å². The molecule has 3 aromatic rings. The molecule has 2 fully saturated rings. The van der Waals surface area contributed by atoms with Crippen molar-refractivity contribution in [3.05, 3.63) is 65.8 Å². The maximum atomic E-state index is 14.6. The van der Waals surface area contributed by atoms with Crippen molar-refractivity contribution in [2.75, 3.05) is 37.0 Å². The van der Waals surface area contributed by atoms with Crippen LogP contribution in [0.2, 0.25) is 0 Å². The van der Waals surface area contributed by atoms with Gasteiger partial charge in [0.25, 0.3) is 0 Å². The number of hydrogen-bond donors (Lipinski definition) is 2. The highest BCUT2D eigenvalue weighted by Gasteiger charge is 2.29. The third kappa shape index (κ3) is 5.69. The predicted molar refractivity (Wildman–Crippen MR) is 151 cm³/mol. The Morgan fingerprint density at radius 3 is 2.53 bits per heavy atom. The Morgan fingerprint density at radius 1 is 1.13 bits per heavy atom. The SMILES string of the molecule is [C-]#[N+]c1ccc(-c2cc(NC[C@H]3CCC[C@H](N)C3)nn2-c2ccc(N3CCC(C)(OC)CC3)cc2)cc1F. The first-order valence-electron chi connectivity index (χ1n) is 13.5. The zero-order chi connectivity index (χ0) is 26.7. The predicted octanol–water partition coefficient (Wildman–Crippen LogP) is 6.16. The lowest BCUT2D eigenvalue weighted by Gasteiger charge is -2.39. The smallest absolute Gasteiger partial charge is 0.222 e. The Morgan fingerprint density at radius 2 is 1.87 bits per heavy atom. The minimum Gasteiger partial charge on any atom is -0.378 e. The number of rotatable bonds is 7. The van der Waals surface area contributed by atoms with Gasteiger partial charge in [-0.2, -0.15) is 0 Å². The molecule has 7 nitrogen and oxygen atoms in total. The van der Waals surface area contributed by atoms with Gasteiger partial charge in [0.05, 0.1) is 23.6 Å². The van der Waals surface area contributed by atoms with Crippen LogP contribution in [-0.4, -0.2) is 48.2 Å². The van der Waals surface area contributed by atoms with E-state index in [1.807, 2.05) is 10.7 Å². The van der Waals surface area contributed by atoms with Gasteiger partial charge in [-0.25, -0.2) is 13.9 Å². The van der Waals surface area contributed by atoms with E-state index in [2.05, 4.69) is 46.3 Å². The summed E-state index contributed by atoms with van der Waals surface area (Å²) in [5.41, 5.74) is 9.65. The summed E-state index contributed by atoms with van der Waals surface area (Å²) < 4.78 is 22.1. The van der Waals surface area contributed by atoms with Crippen LogP contribution in [0.25, 0.3) is 21.8 Å². The van der Waals surface area contributed by atoms with Gasteiger partial charge < -0.3 is 20.7 Å². The molecule has 1 saturated carbocycles. The van der Waals surface area contributed by atoms with E-state index < -0.39 is 5.82 Å². The number of hydrogen-bond acceptors (Lipinski definition) is 5. The average Bonchev–Trinajstić information content (AvgIpc) is 3.37. The topological polar surface area (TPSA) is 72.7 Å². The van der Waals surface area contributed by atoms with E-state index in [0.717, 1.165) is 68.9 Å². The van der Waals surface area contributed by atoms with Crippen molar-refractivity contribution < 1.29 is 9.13 Å². The molecule has 0 unspecified atom stereocenters. The Bertz CT molecular complexity index is 1290. The maximum Gasteiger partial charge on any atom is 0.222 e. The van der Waals surface area contributed by atoms with Crippen molar-refractivity contribution in [3.8, 4) is 16.9 Å². The largest absolute Gasteiger partial charge is 0.378 e. The molecule has 8 heteroatoms. The summed E-state index contributed by atoms with van der Waals surface area (Å²) in [6.45, 7) is 12.1. The number of benzene rings is 2. The summed E-state index contributed by atoms with van der Waals surface area (Å²) in [5.74, 6) is 0.735. The van der Waals surface area contributed by atoms with Crippen molar-refractivity contribution in [1.29, 1.82) is 0 Å². The van der Waals surface area contributed by atoms with Crippen LogP contribution in [0, 0.1) is 18.3 Å². The molecule has 1 saturated heterocycles. The van der Waals surface area contributed by atoms with Crippen LogP contribution < -0.4 is 16.0 Å². The number of methoxy groups -OCH3 is 1. The highest BCUT2D eigenvalue weighted by molar-refractivity contribution is 5.69. The Labute approximate surface area is 224 Å². The van der Waals surface area contributed by atoms with E-state index in [0.29, 0.717) is 11.5 Å². The van der Waals surface area contributed by atoms with Crippen LogP contribution in [0.3, 0.4) is 0 Å². The molecule has 1 aliphatic carbocycles. The van der Waals surface area contributed by atoms with Gasteiger partial charge in [-0.05, 0) is 75.3 Å². The lowest BCUT2D eigenvalue weighted by atomic mass is 9.86. The monoisotopic (exact) mass is 516 g/mol. The van der Waals surface area contributed by atoms with E-state index in [4.69, 9.17) is 22.1 Å². The molecule has 2 atom stereocenters. The number of halogens is 1. The molecule has 38 heavy (non-hydrogen) atoms. The fourth-order valence-corrected chi connectivity index (χ4v) is 5.64. The standard InChI is InChI=1S/C30H37FN6O/c1-30(38-3)13-15-36(16-14-30)24-8-10-25(11-9-24)37-28(22-7-12-27(33-2)26(31)18-22)19-29(35-37)34-20-21-5-4-6-23(32)17-21/h7-12,18-19,21,23H,4-6,13-17,20,32H2,1,3H3,(H,34,35)/t21-,23-/m0/s1. The van der Waals surface area contributed by atoms with E-state index in [1.54, 1.807) is 13.2 Å². The first-order chi connectivity index (χ1) is 18.4. The minimum atomic E-state index is -0.528. The van der Waals surface area contributed by atoms with Crippen LogP contribution in [-0.2, 0) is 4.74 Å². The highest BCUT2D eigenvalue weighted by Crippen LogP contribution is 2.32. The van der Waals surface area contributed by atoms with Gasteiger partial charge in [-0.1, -0.05) is 18.6 Å². The third-order valence-corrected chi connectivity index (χ3v) is 8.24. The summed E-state index contributed by atoms with van der Waals surface area (Å²) in [5, 5.41) is 8.36. The van der Waals surface area contributed by atoms with Crippen molar-refractivity contribution >= 4 is 17.2 Å². The molecule has 0 spiro atoms. The quantitative estimate of drug-likeness (QED) is 0.368. The second-order valence-corrected chi connectivity index (χ2v) is 10.9. The number of nitrogens with one attached hydrogen (secondary N) is 1. The van der Waals surface area contributed by atoms with Crippen LogP contribution in [0.15, 0.2) is 48.5 Å². The van der Waals surface area contributed by atoms with Crippen molar-refractivity contribution in [1.82, 2.24) is 9.78 Å². The molecular formula is C30H37FN6O. The van der Waals surface area contributed by atoms with E-state index >= 15 is 0 Å². The minimum absolute atomic E-state index is 0.0160. The molecule has 2 heterocycles. The fourth-order valence-electron chi connectivity index (χ4n) is 5.64. The first-order valence-corrected chi connectivity index (χ1v) is 13.5. The van der Waals surface area contributed by atoms with Crippen LogP contribution in [0.5, 0.6) is 0 Å². The van der Waals surface area contributed by atoms with Gasteiger partial charge in [-0.3, -0.25) is 0 Å². The van der Waals surface area contributed by atoms with E-state index in [9.17, 15) is 4.39 Å². The van der Waals surface area contributed by atoms with Crippen LogP contribution in [0.1, 0.15) is 45.4 Å². The van der Waals surface area contributed by atoms with Crippen molar-refractivity contribution in [2.24, 2.45) is 11.7 Å². The zero-order valence-corrected chi connectivity index (χ0v) is 22.3. The Balaban J connectivity index is 1.40. The van der Waals surface area contributed by atoms with Crippen molar-refractivity contribution in [2.45, 2.75) is 57.1 Å². The number of aromatic nitrogens is 2. The first kappa shape index (κ1) is 26.2. The molecular weight excluding hydrogens is 479 g/mol. The second kappa shape index (κ2) is 11.1. The van der Waals surface area contributed by atoms with Crippen LogP contribution >= 0.6 is 0 Å². The second-order valence-electron chi connectivity index (χ2n) is 10.9. The van der Waals surface area contributed by atoms with Gasteiger partial charge in [-0.15, -0.1) is 5.10 Å². The van der Waals surface area contributed by atoms with E-state index in [1.165, 1.54) is 24.2 Å². The Hall–Kier alpha value is -3.41. The van der Waals surface area contributed by atoms with Crippen LogP contribution in [0.4, 0.5) is 21.6 Å². The lowest BCUT2D eigenvalue weighted by Crippen LogP contribution is -2.43. The molecule has 2 aromatic carbocycles. The molecule has 3 N–H and O–H groups in total. The number of nitrogens with two attached hydrogens (primary N) is 1.